The van der Waals surface area contributed by atoms with E-state index in [4.69, 9.17) is 16.3 Å². The third kappa shape index (κ3) is 4.17. The van der Waals surface area contributed by atoms with Crippen LogP contribution in [0.4, 0.5) is 0 Å². The zero-order valence-corrected chi connectivity index (χ0v) is 15.5. The summed E-state index contributed by atoms with van der Waals surface area (Å²) in [6, 6.07) is 8.22. The number of hydrogen-bond acceptors (Lipinski definition) is 6. The smallest absolute Gasteiger partial charge is 0.306 e. The summed E-state index contributed by atoms with van der Waals surface area (Å²) in [6.45, 7) is 1.73. The van der Waals surface area contributed by atoms with Gasteiger partial charge in [0.25, 0.3) is 5.56 Å². The predicted octanol–water partition coefficient (Wildman–Crippen LogP) is 3.42. The molecule has 3 heterocycles. The molecule has 0 aliphatic rings. The van der Waals surface area contributed by atoms with Gasteiger partial charge in [-0.05, 0) is 30.7 Å². The number of rotatable bonds is 6. The van der Waals surface area contributed by atoms with Crippen LogP contribution in [0.15, 0.2) is 41.3 Å². The Hall–Kier alpha value is -2.51. The second-order valence-corrected chi connectivity index (χ2v) is 7.37. The largest absolute Gasteiger partial charge is 0.459 e. The summed E-state index contributed by atoms with van der Waals surface area (Å²) in [5, 5.41) is 0. The molecule has 6 nitrogen and oxygen atoms in total. The predicted molar refractivity (Wildman–Crippen MR) is 98.9 cm³/mol. The number of thiophene rings is 1. The van der Waals surface area contributed by atoms with Crippen molar-refractivity contribution in [1.29, 1.82) is 0 Å². The number of ketones is 1. The van der Waals surface area contributed by atoms with E-state index in [1.165, 1.54) is 21.8 Å². The number of halogens is 1. The highest BCUT2D eigenvalue weighted by molar-refractivity contribution is 7.18. The van der Waals surface area contributed by atoms with Crippen LogP contribution in [-0.2, 0) is 16.1 Å². The molecule has 0 aromatic carbocycles. The lowest BCUT2D eigenvalue weighted by Crippen LogP contribution is -2.17. The van der Waals surface area contributed by atoms with Gasteiger partial charge in [-0.1, -0.05) is 17.7 Å². The van der Waals surface area contributed by atoms with Crippen LogP contribution in [-0.4, -0.2) is 21.1 Å². The van der Waals surface area contributed by atoms with Crippen molar-refractivity contribution in [2.75, 3.05) is 0 Å². The van der Waals surface area contributed by atoms with Crippen LogP contribution in [0.1, 0.15) is 33.8 Å². The third-order valence-corrected chi connectivity index (χ3v) is 5.00. The summed E-state index contributed by atoms with van der Waals surface area (Å²) in [5.41, 5.74) is 1.50. The molecule has 0 fully saturated rings. The molecular weight excluding hydrogens is 376 g/mol. The molecule has 0 aliphatic carbocycles. The van der Waals surface area contributed by atoms with Gasteiger partial charge in [-0.25, -0.2) is 4.98 Å². The molecule has 0 unspecified atom stereocenters. The van der Waals surface area contributed by atoms with Gasteiger partial charge in [-0.15, -0.1) is 11.3 Å². The Labute approximate surface area is 158 Å². The number of Topliss-reactive ketones (excluding diaryl/α,β-unsaturated/α-hetero) is 1. The second-order valence-electron chi connectivity index (χ2n) is 5.66. The lowest BCUT2D eigenvalue weighted by molar-refractivity contribution is -0.145. The number of aryl methyl sites for hydroxylation is 1. The second kappa shape index (κ2) is 7.80. The average Bonchev–Trinajstić information content (AvgIpc) is 3.05. The van der Waals surface area contributed by atoms with E-state index < -0.39 is 5.97 Å². The molecule has 0 radical (unpaired) electrons. The molecule has 3 rings (SSSR count). The van der Waals surface area contributed by atoms with E-state index in [0.717, 1.165) is 5.56 Å². The van der Waals surface area contributed by atoms with Crippen molar-refractivity contribution < 1.29 is 14.3 Å². The first-order valence-corrected chi connectivity index (χ1v) is 9.05. The van der Waals surface area contributed by atoms with Gasteiger partial charge < -0.3 is 4.74 Å². The third-order valence-electron chi connectivity index (χ3n) is 3.72. The summed E-state index contributed by atoms with van der Waals surface area (Å²) < 4.78 is 7.10. The SMILES string of the molecule is Cc1cccn2c(=O)cc(COC(=O)CCC(=O)c3ccc(Cl)s3)nc12. The van der Waals surface area contributed by atoms with Crippen molar-refractivity contribution in [1.82, 2.24) is 9.38 Å². The van der Waals surface area contributed by atoms with Gasteiger partial charge in [0.05, 0.1) is 21.3 Å². The summed E-state index contributed by atoms with van der Waals surface area (Å²) in [5.74, 6) is -0.677. The number of carbonyl (C=O) groups excluding carboxylic acids is 2. The normalized spacial score (nSPS) is 10.8. The summed E-state index contributed by atoms with van der Waals surface area (Å²) in [6.07, 6.45) is 1.64. The highest BCUT2D eigenvalue weighted by atomic mass is 35.5. The topological polar surface area (TPSA) is 77.7 Å². The molecule has 0 aliphatic heterocycles. The number of pyridine rings is 1. The lowest BCUT2D eigenvalue weighted by atomic mass is 10.2. The number of nitrogens with zero attached hydrogens (tertiary/aromatic N) is 2. The van der Waals surface area contributed by atoms with Crippen LogP contribution in [0.5, 0.6) is 0 Å². The van der Waals surface area contributed by atoms with Crippen LogP contribution in [0.2, 0.25) is 4.34 Å². The van der Waals surface area contributed by atoms with E-state index in [2.05, 4.69) is 4.98 Å². The van der Waals surface area contributed by atoms with Crippen LogP contribution < -0.4 is 5.56 Å². The maximum absolute atomic E-state index is 12.1. The minimum atomic E-state index is -0.521. The molecule has 0 N–H and O–H groups in total. The maximum Gasteiger partial charge on any atom is 0.306 e. The molecule has 3 aromatic rings. The number of fused-ring (bicyclic) bond motifs is 1. The Morgan fingerprint density at radius 3 is 2.81 bits per heavy atom. The Bertz CT molecular complexity index is 1040. The van der Waals surface area contributed by atoms with E-state index in [9.17, 15) is 14.4 Å². The number of ether oxygens (including phenoxy) is 1. The van der Waals surface area contributed by atoms with E-state index >= 15 is 0 Å². The number of carbonyl (C=O) groups is 2. The zero-order chi connectivity index (χ0) is 18.7. The average molecular weight is 391 g/mol. The van der Waals surface area contributed by atoms with Gasteiger partial charge in [0, 0.05) is 18.7 Å². The Kier molecular flexibility index (Phi) is 5.49. The maximum atomic E-state index is 12.1. The van der Waals surface area contributed by atoms with Gasteiger partial charge in [-0.3, -0.25) is 18.8 Å². The van der Waals surface area contributed by atoms with Crippen molar-refractivity contribution in [2.24, 2.45) is 0 Å². The highest BCUT2D eigenvalue weighted by Crippen LogP contribution is 2.23. The van der Waals surface area contributed by atoms with Gasteiger partial charge in [0.1, 0.15) is 12.3 Å². The number of esters is 1. The van der Waals surface area contributed by atoms with Gasteiger partial charge in [0.15, 0.2) is 5.78 Å². The summed E-state index contributed by atoms with van der Waals surface area (Å²) in [4.78, 5) is 40.8. The fourth-order valence-corrected chi connectivity index (χ4v) is 3.42. The standard InChI is InChI=1S/C18H15ClN2O4S/c1-11-3-2-8-21-16(23)9-12(20-18(11)21)10-25-17(24)7-4-13(22)14-5-6-15(19)26-14/h2-3,5-6,8-9H,4,7,10H2,1H3. The Balaban J connectivity index is 1.59. The fourth-order valence-electron chi connectivity index (χ4n) is 2.41. The summed E-state index contributed by atoms with van der Waals surface area (Å²) in [7, 11) is 0. The molecular formula is C18H15ClN2O4S. The van der Waals surface area contributed by atoms with Crippen molar-refractivity contribution >= 4 is 40.3 Å². The van der Waals surface area contributed by atoms with Gasteiger partial charge >= 0.3 is 5.97 Å². The molecule has 0 atom stereocenters. The molecule has 134 valence electrons. The molecule has 0 bridgehead atoms. The van der Waals surface area contributed by atoms with Crippen LogP contribution in [0, 0.1) is 6.92 Å². The number of aromatic nitrogens is 2. The quantitative estimate of drug-likeness (QED) is 0.476. The monoisotopic (exact) mass is 390 g/mol. The van der Waals surface area contributed by atoms with Crippen molar-refractivity contribution in [3.63, 3.8) is 0 Å². The number of hydrogen-bond donors (Lipinski definition) is 0. The van der Waals surface area contributed by atoms with E-state index in [1.54, 1.807) is 24.4 Å². The molecule has 0 saturated carbocycles. The van der Waals surface area contributed by atoms with E-state index in [1.807, 2.05) is 13.0 Å². The molecule has 26 heavy (non-hydrogen) atoms. The first-order valence-electron chi connectivity index (χ1n) is 7.86. The first kappa shape index (κ1) is 18.3. The van der Waals surface area contributed by atoms with Crippen LogP contribution >= 0.6 is 22.9 Å². The van der Waals surface area contributed by atoms with Crippen molar-refractivity contribution in [3.8, 4) is 0 Å². The van der Waals surface area contributed by atoms with Gasteiger partial charge in [-0.2, -0.15) is 0 Å². The minimum absolute atomic E-state index is 0.0417. The molecule has 3 aromatic heterocycles. The van der Waals surface area contributed by atoms with E-state index in [-0.39, 0.29) is 30.8 Å². The Morgan fingerprint density at radius 2 is 2.08 bits per heavy atom. The summed E-state index contributed by atoms with van der Waals surface area (Å²) >= 11 is 6.97. The molecule has 0 spiro atoms. The first-order chi connectivity index (χ1) is 12.4. The van der Waals surface area contributed by atoms with E-state index in [0.29, 0.717) is 20.6 Å². The Morgan fingerprint density at radius 1 is 1.27 bits per heavy atom. The van der Waals surface area contributed by atoms with Gasteiger partial charge in [0.2, 0.25) is 0 Å². The fraction of sp³-hybridized carbons (Fsp3) is 0.222. The van der Waals surface area contributed by atoms with Crippen LogP contribution in [0.25, 0.3) is 5.65 Å². The molecule has 0 amide bonds. The van der Waals surface area contributed by atoms with Crippen molar-refractivity contribution in [2.45, 2.75) is 26.4 Å². The van der Waals surface area contributed by atoms with Crippen LogP contribution in [0.3, 0.4) is 0 Å². The lowest BCUT2D eigenvalue weighted by Gasteiger charge is -2.07. The highest BCUT2D eigenvalue weighted by Gasteiger charge is 2.13. The molecule has 8 heteroatoms. The zero-order valence-electron chi connectivity index (χ0n) is 13.9. The van der Waals surface area contributed by atoms with Crippen molar-refractivity contribution in [3.05, 3.63) is 67.4 Å². The molecule has 0 saturated heterocycles. The minimum Gasteiger partial charge on any atom is -0.459 e.